The molecule has 1 atom stereocenters. The lowest BCUT2D eigenvalue weighted by molar-refractivity contribution is -0.133. The van der Waals surface area contributed by atoms with Crippen molar-refractivity contribution >= 4 is 17.5 Å². The van der Waals surface area contributed by atoms with Gasteiger partial charge in [0.1, 0.15) is 17.4 Å². The van der Waals surface area contributed by atoms with Gasteiger partial charge in [-0.15, -0.1) is 0 Å². The summed E-state index contributed by atoms with van der Waals surface area (Å²) in [5, 5.41) is 0.567. The van der Waals surface area contributed by atoms with E-state index in [9.17, 15) is 13.6 Å². The molecule has 0 aliphatic carbocycles. The second-order valence-corrected chi connectivity index (χ2v) is 8.90. The van der Waals surface area contributed by atoms with Crippen molar-refractivity contribution < 1.29 is 18.3 Å². The Bertz CT molecular complexity index is 942. The summed E-state index contributed by atoms with van der Waals surface area (Å²) in [6, 6.07) is 10.6. The van der Waals surface area contributed by atoms with E-state index in [0.29, 0.717) is 36.0 Å². The number of carbonyl (C=O) groups is 1. The van der Waals surface area contributed by atoms with E-state index in [1.165, 1.54) is 12.1 Å². The predicted octanol–water partition coefficient (Wildman–Crippen LogP) is 5.04. The second-order valence-electron chi connectivity index (χ2n) is 8.47. The summed E-state index contributed by atoms with van der Waals surface area (Å²) in [5.41, 5.74) is 0.329. The van der Waals surface area contributed by atoms with Crippen LogP contribution in [0.15, 0.2) is 42.5 Å². The number of hydrogen-bond donors (Lipinski definition) is 0. The Kier molecular flexibility index (Phi) is 6.77. The SMILES string of the molecule is O=C(COc1cccc(Cl)c1)N1CCC[C@]2(CCCN2Cc2cc(F)ccc2F)CC1. The highest BCUT2D eigenvalue weighted by molar-refractivity contribution is 6.30. The molecule has 166 valence electrons. The van der Waals surface area contributed by atoms with Gasteiger partial charge in [0.2, 0.25) is 0 Å². The summed E-state index contributed by atoms with van der Waals surface area (Å²) < 4.78 is 33.5. The van der Waals surface area contributed by atoms with E-state index in [0.717, 1.165) is 44.7 Å². The molecule has 31 heavy (non-hydrogen) atoms. The van der Waals surface area contributed by atoms with E-state index >= 15 is 0 Å². The lowest BCUT2D eigenvalue weighted by Crippen LogP contribution is -2.44. The fraction of sp³-hybridized carbons (Fsp3) is 0.458. The number of likely N-dealkylation sites (tertiary alicyclic amines) is 2. The molecule has 4 rings (SSSR count). The largest absolute Gasteiger partial charge is 0.484 e. The number of carbonyl (C=O) groups excluding carboxylic acids is 1. The van der Waals surface area contributed by atoms with Gasteiger partial charge in [-0.2, -0.15) is 0 Å². The highest BCUT2D eigenvalue weighted by Gasteiger charge is 2.42. The van der Waals surface area contributed by atoms with Gasteiger partial charge in [-0.3, -0.25) is 9.69 Å². The van der Waals surface area contributed by atoms with Crippen molar-refractivity contribution in [2.75, 3.05) is 26.2 Å². The summed E-state index contributed by atoms with van der Waals surface area (Å²) in [4.78, 5) is 16.9. The molecule has 2 aromatic carbocycles. The Morgan fingerprint density at radius 2 is 1.84 bits per heavy atom. The summed E-state index contributed by atoms with van der Waals surface area (Å²) in [6.07, 6.45) is 4.70. The quantitative estimate of drug-likeness (QED) is 0.642. The van der Waals surface area contributed by atoms with Gasteiger partial charge in [-0.1, -0.05) is 17.7 Å². The first-order valence-electron chi connectivity index (χ1n) is 10.8. The number of benzene rings is 2. The molecule has 2 aliphatic heterocycles. The van der Waals surface area contributed by atoms with E-state index in [2.05, 4.69) is 4.90 Å². The minimum absolute atomic E-state index is 0.0223. The molecule has 0 saturated carbocycles. The number of amides is 1. The molecule has 7 heteroatoms. The van der Waals surface area contributed by atoms with Crippen LogP contribution in [0, 0.1) is 11.6 Å². The van der Waals surface area contributed by atoms with Crippen molar-refractivity contribution in [1.82, 2.24) is 9.80 Å². The van der Waals surface area contributed by atoms with Crippen molar-refractivity contribution in [3.05, 3.63) is 64.7 Å². The summed E-state index contributed by atoms with van der Waals surface area (Å²) in [7, 11) is 0. The highest BCUT2D eigenvalue weighted by Crippen LogP contribution is 2.39. The van der Waals surface area contributed by atoms with Gasteiger partial charge >= 0.3 is 0 Å². The number of rotatable bonds is 5. The van der Waals surface area contributed by atoms with Crippen LogP contribution >= 0.6 is 11.6 Å². The summed E-state index contributed by atoms with van der Waals surface area (Å²) in [6.45, 7) is 2.56. The van der Waals surface area contributed by atoms with Crippen LogP contribution in [0.25, 0.3) is 0 Å². The third-order valence-corrected chi connectivity index (χ3v) is 6.77. The van der Waals surface area contributed by atoms with E-state index < -0.39 is 5.82 Å². The zero-order valence-corrected chi connectivity index (χ0v) is 18.2. The zero-order chi connectivity index (χ0) is 21.8. The van der Waals surface area contributed by atoms with Crippen molar-refractivity contribution in [3.63, 3.8) is 0 Å². The van der Waals surface area contributed by atoms with E-state index in [1.807, 2.05) is 4.90 Å². The standard InChI is InChI=1S/C24H27ClF2N2O2/c25-19-4-1-5-21(15-19)31-17-23(30)28-11-2-8-24(10-13-28)9-3-12-29(24)16-18-14-20(26)6-7-22(18)27/h1,4-7,14-15H,2-3,8-13,16-17H2/t24-/m0/s1. The van der Waals surface area contributed by atoms with Crippen LogP contribution in [0.4, 0.5) is 8.78 Å². The van der Waals surface area contributed by atoms with Crippen LogP contribution in [0.3, 0.4) is 0 Å². The minimum Gasteiger partial charge on any atom is -0.484 e. The molecule has 0 unspecified atom stereocenters. The molecule has 1 amide bonds. The van der Waals surface area contributed by atoms with Gasteiger partial charge in [0.25, 0.3) is 5.91 Å². The molecule has 2 heterocycles. The lowest BCUT2D eigenvalue weighted by Gasteiger charge is -2.38. The Balaban J connectivity index is 1.38. The smallest absolute Gasteiger partial charge is 0.260 e. The van der Waals surface area contributed by atoms with Crippen LogP contribution in [-0.2, 0) is 11.3 Å². The fourth-order valence-corrected chi connectivity index (χ4v) is 5.08. The first-order chi connectivity index (χ1) is 14.9. The molecule has 4 nitrogen and oxygen atoms in total. The lowest BCUT2D eigenvalue weighted by atomic mass is 9.87. The topological polar surface area (TPSA) is 32.8 Å². The normalized spacial score (nSPS) is 22.0. The van der Waals surface area contributed by atoms with Crippen molar-refractivity contribution in [2.45, 2.75) is 44.2 Å². The first-order valence-corrected chi connectivity index (χ1v) is 11.2. The van der Waals surface area contributed by atoms with Crippen LogP contribution in [0.2, 0.25) is 5.02 Å². The zero-order valence-electron chi connectivity index (χ0n) is 17.5. The van der Waals surface area contributed by atoms with E-state index in [1.54, 1.807) is 24.3 Å². The molecule has 0 aromatic heterocycles. The summed E-state index contributed by atoms with van der Waals surface area (Å²) in [5.74, 6) is -0.252. The molecule has 1 spiro atoms. The molecular weight excluding hydrogens is 422 g/mol. The van der Waals surface area contributed by atoms with Gasteiger partial charge in [0.05, 0.1) is 0 Å². The van der Waals surface area contributed by atoms with Crippen LogP contribution in [-0.4, -0.2) is 47.5 Å². The Morgan fingerprint density at radius 3 is 2.65 bits per heavy atom. The van der Waals surface area contributed by atoms with E-state index in [4.69, 9.17) is 16.3 Å². The molecule has 2 fully saturated rings. The van der Waals surface area contributed by atoms with Gasteiger partial charge in [-0.25, -0.2) is 8.78 Å². The third kappa shape index (κ3) is 5.18. The molecule has 2 aromatic rings. The number of halogens is 3. The van der Waals surface area contributed by atoms with E-state index in [-0.39, 0.29) is 23.9 Å². The predicted molar refractivity (Wildman–Crippen MR) is 116 cm³/mol. The molecule has 0 N–H and O–H groups in total. The minimum atomic E-state index is -0.415. The summed E-state index contributed by atoms with van der Waals surface area (Å²) >= 11 is 5.97. The van der Waals surface area contributed by atoms with Gasteiger partial charge in [0.15, 0.2) is 6.61 Å². The van der Waals surface area contributed by atoms with Crippen molar-refractivity contribution in [2.24, 2.45) is 0 Å². The second kappa shape index (κ2) is 9.53. The fourth-order valence-electron chi connectivity index (χ4n) is 4.90. The monoisotopic (exact) mass is 448 g/mol. The van der Waals surface area contributed by atoms with Crippen LogP contribution in [0.1, 0.15) is 37.7 Å². The number of ether oxygens (including phenoxy) is 1. The maximum absolute atomic E-state index is 14.2. The average molecular weight is 449 g/mol. The molecular formula is C24H27ClF2N2O2. The molecule has 0 radical (unpaired) electrons. The average Bonchev–Trinajstić information content (AvgIpc) is 2.99. The van der Waals surface area contributed by atoms with Gasteiger partial charge in [0, 0.05) is 35.8 Å². The number of hydrogen-bond acceptors (Lipinski definition) is 3. The van der Waals surface area contributed by atoms with Crippen LogP contribution in [0.5, 0.6) is 5.75 Å². The highest BCUT2D eigenvalue weighted by atomic mass is 35.5. The number of nitrogens with zero attached hydrogens (tertiary/aromatic N) is 2. The Labute approximate surface area is 186 Å². The molecule has 0 bridgehead atoms. The maximum atomic E-state index is 14.2. The molecule has 2 saturated heterocycles. The Hall–Kier alpha value is -2.18. The molecule has 2 aliphatic rings. The third-order valence-electron chi connectivity index (χ3n) is 6.54. The Morgan fingerprint density at radius 1 is 1.03 bits per heavy atom. The van der Waals surface area contributed by atoms with Crippen molar-refractivity contribution in [1.29, 1.82) is 0 Å². The maximum Gasteiger partial charge on any atom is 0.260 e. The van der Waals surface area contributed by atoms with Crippen LogP contribution < -0.4 is 4.74 Å². The first kappa shape index (κ1) is 22.0. The van der Waals surface area contributed by atoms with Gasteiger partial charge < -0.3 is 9.64 Å². The van der Waals surface area contributed by atoms with Gasteiger partial charge in [-0.05, 0) is 75.0 Å². The van der Waals surface area contributed by atoms with Crippen molar-refractivity contribution in [3.8, 4) is 5.75 Å².